The van der Waals surface area contributed by atoms with Crippen LogP contribution in [0.3, 0.4) is 0 Å². The van der Waals surface area contributed by atoms with Crippen LogP contribution in [-0.4, -0.2) is 52.5 Å². The summed E-state index contributed by atoms with van der Waals surface area (Å²) in [6.45, 7) is 7.10. The smallest absolute Gasteiger partial charge is 0.137 e. The third kappa shape index (κ3) is 3.65. The van der Waals surface area contributed by atoms with Crippen LogP contribution in [0.4, 0.5) is 0 Å². The second kappa shape index (κ2) is 6.85. The molecule has 1 saturated carbocycles. The Labute approximate surface area is 138 Å². The average Bonchev–Trinajstić information content (AvgIpc) is 3.02. The minimum atomic E-state index is 0.976. The van der Waals surface area contributed by atoms with Gasteiger partial charge in [0, 0.05) is 56.7 Å². The number of nitrogens with one attached hydrogen (secondary N) is 1. The Balaban J connectivity index is 1.29. The molecule has 0 radical (unpaired) electrons. The molecule has 4 heteroatoms. The number of rotatable bonds is 5. The third-order valence-electron chi connectivity index (χ3n) is 5.28. The highest BCUT2D eigenvalue weighted by atomic mass is 15.3. The van der Waals surface area contributed by atoms with Gasteiger partial charge in [-0.1, -0.05) is 36.8 Å². The van der Waals surface area contributed by atoms with Crippen LogP contribution in [0.5, 0.6) is 0 Å². The van der Waals surface area contributed by atoms with Crippen molar-refractivity contribution in [2.24, 2.45) is 5.92 Å². The first-order valence-corrected chi connectivity index (χ1v) is 8.91. The second-order valence-corrected chi connectivity index (χ2v) is 7.00. The standard InChI is InChI=1S/C19H26N4/c1-2-7-17(8-3-1)19-20-13-18(21-19)15-23-11-9-22(10-12-23)14-16-5-4-6-16/h1-3,7-8,13,16H,4-6,9-12,14-15H2,(H,20,21). The fourth-order valence-corrected chi connectivity index (χ4v) is 3.59. The molecule has 2 aromatic rings. The van der Waals surface area contributed by atoms with Gasteiger partial charge in [-0.3, -0.25) is 4.90 Å². The molecule has 1 saturated heterocycles. The maximum atomic E-state index is 4.53. The molecule has 0 unspecified atom stereocenters. The van der Waals surface area contributed by atoms with Crippen molar-refractivity contribution >= 4 is 0 Å². The quantitative estimate of drug-likeness (QED) is 0.922. The maximum Gasteiger partial charge on any atom is 0.137 e. The monoisotopic (exact) mass is 310 g/mol. The number of piperazine rings is 1. The van der Waals surface area contributed by atoms with Gasteiger partial charge in [-0.05, 0) is 18.8 Å². The van der Waals surface area contributed by atoms with E-state index in [9.17, 15) is 0 Å². The number of hydrogen-bond acceptors (Lipinski definition) is 3. The minimum Gasteiger partial charge on any atom is -0.341 e. The highest BCUT2D eigenvalue weighted by molar-refractivity contribution is 5.54. The summed E-state index contributed by atoms with van der Waals surface area (Å²) < 4.78 is 0. The molecule has 0 bridgehead atoms. The van der Waals surface area contributed by atoms with E-state index in [1.807, 2.05) is 12.3 Å². The van der Waals surface area contributed by atoms with Crippen LogP contribution in [0.15, 0.2) is 36.5 Å². The van der Waals surface area contributed by atoms with E-state index in [0.717, 1.165) is 23.9 Å². The molecule has 4 nitrogen and oxygen atoms in total. The second-order valence-electron chi connectivity index (χ2n) is 7.00. The molecule has 0 amide bonds. The number of benzene rings is 1. The third-order valence-corrected chi connectivity index (χ3v) is 5.28. The van der Waals surface area contributed by atoms with Crippen LogP contribution < -0.4 is 0 Å². The predicted octanol–water partition coefficient (Wildman–Crippen LogP) is 2.99. The first-order valence-electron chi connectivity index (χ1n) is 8.91. The van der Waals surface area contributed by atoms with Gasteiger partial charge in [0.2, 0.25) is 0 Å². The van der Waals surface area contributed by atoms with Gasteiger partial charge in [0.15, 0.2) is 0 Å². The van der Waals surface area contributed by atoms with Crippen molar-refractivity contribution in [1.82, 2.24) is 19.8 Å². The first kappa shape index (κ1) is 14.9. The molecule has 0 atom stereocenters. The van der Waals surface area contributed by atoms with Crippen molar-refractivity contribution in [2.75, 3.05) is 32.7 Å². The van der Waals surface area contributed by atoms with Crippen LogP contribution in [-0.2, 0) is 6.54 Å². The van der Waals surface area contributed by atoms with Crippen molar-refractivity contribution in [3.8, 4) is 11.4 Å². The molecule has 23 heavy (non-hydrogen) atoms. The highest BCUT2D eigenvalue weighted by Crippen LogP contribution is 2.27. The normalized spacial score (nSPS) is 20.5. The zero-order chi connectivity index (χ0) is 15.5. The molecule has 2 heterocycles. The summed E-state index contributed by atoms with van der Waals surface area (Å²) in [5.74, 6) is 1.96. The summed E-state index contributed by atoms with van der Waals surface area (Å²) >= 11 is 0. The predicted molar refractivity (Wildman–Crippen MR) is 93.1 cm³/mol. The van der Waals surface area contributed by atoms with Crippen molar-refractivity contribution in [3.63, 3.8) is 0 Å². The molecule has 1 N–H and O–H groups in total. The lowest BCUT2D eigenvalue weighted by Gasteiger charge is -2.38. The van der Waals surface area contributed by atoms with E-state index in [1.165, 1.54) is 57.7 Å². The van der Waals surface area contributed by atoms with Gasteiger partial charge in [0.05, 0.1) is 0 Å². The summed E-state index contributed by atoms with van der Waals surface area (Å²) in [4.78, 5) is 13.2. The molecular formula is C19H26N4. The molecule has 2 aliphatic rings. The summed E-state index contributed by atoms with van der Waals surface area (Å²) in [7, 11) is 0. The van der Waals surface area contributed by atoms with E-state index in [1.54, 1.807) is 0 Å². The summed E-state index contributed by atoms with van der Waals surface area (Å²) in [5, 5.41) is 0. The van der Waals surface area contributed by atoms with Gasteiger partial charge in [0.1, 0.15) is 5.82 Å². The number of H-pyrrole nitrogens is 1. The van der Waals surface area contributed by atoms with Gasteiger partial charge < -0.3 is 9.88 Å². The van der Waals surface area contributed by atoms with Gasteiger partial charge in [0.25, 0.3) is 0 Å². The number of nitrogens with zero attached hydrogens (tertiary/aromatic N) is 3. The molecule has 1 aliphatic heterocycles. The average molecular weight is 310 g/mol. The van der Waals surface area contributed by atoms with Crippen molar-refractivity contribution in [1.29, 1.82) is 0 Å². The van der Waals surface area contributed by atoms with Crippen molar-refractivity contribution in [3.05, 3.63) is 42.2 Å². The van der Waals surface area contributed by atoms with Gasteiger partial charge in [-0.25, -0.2) is 4.98 Å². The van der Waals surface area contributed by atoms with Crippen LogP contribution in [0.2, 0.25) is 0 Å². The van der Waals surface area contributed by atoms with E-state index < -0.39 is 0 Å². The Morgan fingerprint density at radius 3 is 2.43 bits per heavy atom. The van der Waals surface area contributed by atoms with Gasteiger partial charge in [-0.15, -0.1) is 0 Å². The lowest BCUT2D eigenvalue weighted by molar-refractivity contribution is 0.0961. The van der Waals surface area contributed by atoms with E-state index in [2.05, 4.69) is 44.0 Å². The van der Waals surface area contributed by atoms with Gasteiger partial charge in [-0.2, -0.15) is 0 Å². The zero-order valence-corrected chi connectivity index (χ0v) is 13.7. The molecule has 2 fully saturated rings. The maximum absolute atomic E-state index is 4.53. The van der Waals surface area contributed by atoms with E-state index >= 15 is 0 Å². The lowest BCUT2D eigenvalue weighted by atomic mass is 9.85. The Hall–Kier alpha value is -1.65. The molecule has 122 valence electrons. The van der Waals surface area contributed by atoms with E-state index in [4.69, 9.17) is 0 Å². The highest BCUT2D eigenvalue weighted by Gasteiger charge is 2.23. The van der Waals surface area contributed by atoms with Gasteiger partial charge >= 0.3 is 0 Å². The lowest BCUT2D eigenvalue weighted by Crippen LogP contribution is -2.47. The number of aromatic amines is 1. The molecule has 1 aliphatic carbocycles. The summed E-state index contributed by atoms with van der Waals surface area (Å²) in [6.07, 6.45) is 6.35. The van der Waals surface area contributed by atoms with Crippen LogP contribution >= 0.6 is 0 Å². The van der Waals surface area contributed by atoms with Crippen LogP contribution in [0.25, 0.3) is 11.4 Å². The number of aromatic nitrogens is 2. The fraction of sp³-hybridized carbons (Fsp3) is 0.526. The van der Waals surface area contributed by atoms with E-state index in [0.29, 0.717) is 0 Å². The van der Waals surface area contributed by atoms with Crippen LogP contribution in [0.1, 0.15) is 25.0 Å². The number of imidazole rings is 1. The largest absolute Gasteiger partial charge is 0.341 e. The number of hydrogen-bond donors (Lipinski definition) is 1. The van der Waals surface area contributed by atoms with Crippen molar-refractivity contribution < 1.29 is 0 Å². The molecule has 0 spiro atoms. The first-order chi connectivity index (χ1) is 11.4. The molecule has 1 aromatic heterocycles. The Morgan fingerprint density at radius 1 is 1.00 bits per heavy atom. The Morgan fingerprint density at radius 2 is 1.74 bits per heavy atom. The minimum absolute atomic E-state index is 0.976. The van der Waals surface area contributed by atoms with E-state index in [-0.39, 0.29) is 0 Å². The molecule has 1 aromatic carbocycles. The SMILES string of the molecule is c1ccc(-c2ncc(CN3CCN(CC4CCC4)CC3)[nH]2)cc1. The van der Waals surface area contributed by atoms with Crippen molar-refractivity contribution in [2.45, 2.75) is 25.8 Å². The Bertz CT molecular complexity index is 609. The summed E-state index contributed by atoms with van der Waals surface area (Å²) in [5.41, 5.74) is 2.38. The molecular weight excluding hydrogens is 284 g/mol. The fourth-order valence-electron chi connectivity index (χ4n) is 3.59. The topological polar surface area (TPSA) is 35.2 Å². The van der Waals surface area contributed by atoms with Crippen LogP contribution in [0, 0.1) is 5.92 Å². The Kier molecular flexibility index (Phi) is 4.44. The summed E-state index contributed by atoms with van der Waals surface area (Å²) in [6, 6.07) is 10.3. The zero-order valence-electron chi connectivity index (χ0n) is 13.7. The molecule has 4 rings (SSSR count).